The number of pyridine rings is 1. The number of rotatable bonds is 7. The van der Waals surface area contributed by atoms with Crippen LogP contribution in [0.25, 0.3) is 100 Å². The molecular formula is C52H34N4. The van der Waals surface area contributed by atoms with Crippen LogP contribution in [-0.4, -0.2) is 19.9 Å². The molecule has 0 unspecified atom stereocenters. The van der Waals surface area contributed by atoms with E-state index in [-0.39, 0.29) is 0 Å². The average molecular weight is 715 g/mol. The Bertz CT molecular complexity index is 2980. The van der Waals surface area contributed by atoms with Gasteiger partial charge in [0, 0.05) is 38.4 Å². The molecule has 0 bridgehead atoms. The average Bonchev–Trinajstić information content (AvgIpc) is 3.29. The van der Waals surface area contributed by atoms with Crippen LogP contribution in [-0.2, 0) is 0 Å². The van der Waals surface area contributed by atoms with Crippen LogP contribution in [0.4, 0.5) is 0 Å². The van der Waals surface area contributed by atoms with Gasteiger partial charge in [0.1, 0.15) is 0 Å². The topological polar surface area (TPSA) is 51.6 Å². The molecule has 0 fully saturated rings. The van der Waals surface area contributed by atoms with E-state index in [0.29, 0.717) is 17.5 Å². The first-order chi connectivity index (χ1) is 27.7. The number of nitrogens with zero attached hydrogens (tertiary/aromatic N) is 4. The highest BCUT2D eigenvalue weighted by Crippen LogP contribution is 2.40. The maximum Gasteiger partial charge on any atom is 0.164 e. The molecular weight excluding hydrogens is 681 g/mol. The zero-order valence-corrected chi connectivity index (χ0v) is 30.4. The Balaban J connectivity index is 1.08. The SMILES string of the molecule is c1ccc(-c2cccc(-c3nc(-c4ccccc4)nc(-c4ccc(-c5ccc6nc(-c7ccccc7)c7cccc(-c8ccccc8)c7c6c5)cc4)n3)c2)cc1. The summed E-state index contributed by atoms with van der Waals surface area (Å²) in [5, 5.41) is 3.45. The summed E-state index contributed by atoms with van der Waals surface area (Å²) in [6.45, 7) is 0. The van der Waals surface area contributed by atoms with E-state index < -0.39 is 0 Å². The summed E-state index contributed by atoms with van der Waals surface area (Å²) in [5.41, 5.74) is 12.7. The summed E-state index contributed by atoms with van der Waals surface area (Å²) in [6.07, 6.45) is 0. The first kappa shape index (κ1) is 33.0. The fourth-order valence-electron chi connectivity index (χ4n) is 7.54. The van der Waals surface area contributed by atoms with Crippen LogP contribution in [0.1, 0.15) is 0 Å². The normalized spacial score (nSPS) is 11.2. The molecule has 0 amide bonds. The van der Waals surface area contributed by atoms with Gasteiger partial charge in [-0.25, -0.2) is 19.9 Å². The quantitative estimate of drug-likeness (QED) is 0.154. The summed E-state index contributed by atoms with van der Waals surface area (Å²) in [4.78, 5) is 20.3. The van der Waals surface area contributed by atoms with Crippen molar-refractivity contribution < 1.29 is 0 Å². The van der Waals surface area contributed by atoms with Crippen LogP contribution < -0.4 is 0 Å². The third-order valence-corrected chi connectivity index (χ3v) is 10.3. The van der Waals surface area contributed by atoms with Crippen molar-refractivity contribution in [2.24, 2.45) is 0 Å². The van der Waals surface area contributed by atoms with Gasteiger partial charge in [0.25, 0.3) is 0 Å². The van der Waals surface area contributed by atoms with Crippen molar-refractivity contribution in [1.82, 2.24) is 19.9 Å². The number of fused-ring (bicyclic) bond motifs is 3. The lowest BCUT2D eigenvalue weighted by Gasteiger charge is -2.15. The molecule has 8 aromatic carbocycles. The van der Waals surface area contributed by atoms with E-state index in [2.05, 4.69) is 164 Å². The molecule has 4 heteroatoms. The molecule has 2 aromatic heterocycles. The summed E-state index contributed by atoms with van der Waals surface area (Å²) in [7, 11) is 0. The molecule has 0 spiro atoms. The molecule has 0 aliphatic heterocycles. The minimum atomic E-state index is 0.625. The Labute approximate surface area is 325 Å². The van der Waals surface area contributed by atoms with E-state index in [1.165, 1.54) is 16.5 Å². The third kappa shape index (κ3) is 6.29. The van der Waals surface area contributed by atoms with E-state index in [4.69, 9.17) is 19.9 Å². The lowest BCUT2D eigenvalue weighted by Crippen LogP contribution is -2.00. The molecule has 0 N–H and O–H groups in total. The molecule has 262 valence electrons. The smallest absolute Gasteiger partial charge is 0.164 e. The van der Waals surface area contributed by atoms with Crippen LogP contribution in [0.5, 0.6) is 0 Å². The second-order valence-corrected chi connectivity index (χ2v) is 13.8. The van der Waals surface area contributed by atoms with Crippen molar-refractivity contribution in [2.45, 2.75) is 0 Å². The number of hydrogen-bond acceptors (Lipinski definition) is 4. The largest absolute Gasteiger partial charge is 0.247 e. The lowest BCUT2D eigenvalue weighted by atomic mass is 9.91. The highest BCUT2D eigenvalue weighted by atomic mass is 15.0. The second kappa shape index (κ2) is 14.3. The van der Waals surface area contributed by atoms with Crippen molar-refractivity contribution in [3.05, 3.63) is 206 Å². The summed E-state index contributed by atoms with van der Waals surface area (Å²) in [5.74, 6) is 1.90. The fourth-order valence-corrected chi connectivity index (χ4v) is 7.54. The van der Waals surface area contributed by atoms with E-state index >= 15 is 0 Å². The van der Waals surface area contributed by atoms with E-state index in [1.807, 2.05) is 42.5 Å². The Morgan fingerprint density at radius 3 is 1.36 bits per heavy atom. The van der Waals surface area contributed by atoms with Gasteiger partial charge in [-0.15, -0.1) is 0 Å². The third-order valence-electron chi connectivity index (χ3n) is 10.3. The highest BCUT2D eigenvalue weighted by Gasteiger charge is 2.17. The van der Waals surface area contributed by atoms with Gasteiger partial charge >= 0.3 is 0 Å². The lowest BCUT2D eigenvalue weighted by molar-refractivity contribution is 1.07. The van der Waals surface area contributed by atoms with Gasteiger partial charge in [0.05, 0.1) is 11.2 Å². The van der Waals surface area contributed by atoms with Crippen molar-refractivity contribution in [2.75, 3.05) is 0 Å². The van der Waals surface area contributed by atoms with E-state index in [0.717, 1.165) is 66.5 Å². The second-order valence-electron chi connectivity index (χ2n) is 13.8. The predicted octanol–water partition coefficient (Wildman–Crippen LogP) is 13.2. The standard InChI is InChI=1S/C52H34N4/c1-5-15-35(16-6-1)41-23-13-24-43(33-41)52-55-50(39-21-11-4-12-22-39)54-51(56-52)40-29-27-36(28-30-40)42-31-32-47-46(34-42)48-44(37-17-7-2-8-18-37)25-14-26-45(48)49(53-47)38-19-9-3-10-20-38/h1-34H. The van der Waals surface area contributed by atoms with Crippen molar-refractivity contribution >= 4 is 21.7 Å². The molecule has 0 aliphatic carbocycles. The van der Waals surface area contributed by atoms with Gasteiger partial charge in [-0.2, -0.15) is 0 Å². The molecule has 10 aromatic rings. The molecule has 10 rings (SSSR count). The molecule has 4 nitrogen and oxygen atoms in total. The molecule has 0 saturated carbocycles. The maximum absolute atomic E-state index is 5.26. The van der Waals surface area contributed by atoms with Gasteiger partial charge in [0.15, 0.2) is 17.5 Å². The minimum Gasteiger partial charge on any atom is -0.247 e. The van der Waals surface area contributed by atoms with Crippen molar-refractivity contribution in [3.8, 4) is 78.8 Å². The van der Waals surface area contributed by atoms with Crippen LogP contribution in [0.15, 0.2) is 206 Å². The van der Waals surface area contributed by atoms with Gasteiger partial charge < -0.3 is 0 Å². The van der Waals surface area contributed by atoms with Gasteiger partial charge in [-0.05, 0) is 51.6 Å². The molecule has 0 saturated heterocycles. The van der Waals surface area contributed by atoms with Gasteiger partial charge in [-0.1, -0.05) is 188 Å². The Hall–Kier alpha value is -7.56. The Morgan fingerprint density at radius 2 is 0.696 bits per heavy atom. The van der Waals surface area contributed by atoms with Crippen LogP contribution >= 0.6 is 0 Å². The maximum atomic E-state index is 5.26. The van der Waals surface area contributed by atoms with Crippen molar-refractivity contribution in [3.63, 3.8) is 0 Å². The first-order valence-corrected chi connectivity index (χ1v) is 18.8. The molecule has 0 radical (unpaired) electrons. The number of benzene rings is 8. The number of hydrogen-bond donors (Lipinski definition) is 0. The Kier molecular flexibility index (Phi) is 8.47. The minimum absolute atomic E-state index is 0.625. The zero-order chi connectivity index (χ0) is 37.3. The van der Waals surface area contributed by atoms with E-state index in [1.54, 1.807) is 0 Å². The van der Waals surface area contributed by atoms with Gasteiger partial charge in [-0.3, -0.25) is 0 Å². The summed E-state index contributed by atoms with van der Waals surface area (Å²) in [6, 6.07) is 71.7. The van der Waals surface area contributed by atoms with E-state index in [9.17, 15) is 0 Å². The number of aromatic nitrogens is 4. The zero-order valence-electron chi connectivity index (χ0n) is 30.4. The van der Waals surface area contributed by atoms with Gasteiger partial charge in [0.2, 0.25) is 0 Å². The fraction of sp³-hybridized carbons (Fsp3) is 0. The molecule has 56 heavy (non-hydrogen) atoms. The molecule has 0 atom stereocenters. The Morgan fingerprint density at radius 1 is 0.250 bits per heavy atom. The summed E-state index contributed by atoms with van der Waals surface area (Å²) >= 11 is 0. The van der Waals surface area contributed by atoms with Crippen LogP contribution in [0.2, 0.25) is 0 Å². The molecule has 2 heterocycles. The molecule has 0 aliphatic rings. The highest BCUT2D eigenvalue weighted by molar-refractivity contribution is 6.17. The van der Waals surface area contributed by atoms with Crippen LogP contribution in [0.3, 0.4) is 0 Å². The predicted molar refractivity (Wildman–Crippen MR) is 231 cm³/mol. The van der Waals surface area contributed by atoms with Crippen molar-refractivity contribution in [1.29, 1.82) is 0 Å². The van der Waals surface area contributed by atoms with Crippen LogP contribution in [0, 0.1) is 0 Å². The summed E-state index contributed by atoms with van der Waals surface area (Å²) < 4.78 is 0. The monoisotopic (exact) mass is 714 g/mol. The first-order valence-electron chi connectivity index (χ1n) is 18.8.